The number of benzene rings is 3. The van der Waals surface area contributed by atoms with E-state index in [2.05, 4.69) is 28.4 Å². The Kier molecular flexibility index (Phi) is 6.03. The molecule has 1 unspecified atom stereocenters. The number of rotatable bonds is 5. The standard InChI is InChI=1S/C31H30ClN3O5/c32-22-9-11-24-26(27(22)34-25(36)12-10-23(33)30(37)38)31(20-8-2-1-5-18(20)16-39-31)21-15-17-6-3-13-35-14-4-7-19(28(17)35)29(21)40-24/h1-2,5,8-9,11,15,23H,3-4,6-7,10,12-14,16,33H2,(H,34,36)(H,37,38)/t23-,31?/m0/s1. The Hall–Kier alpha value is -3.59. The molecular formula is C31H30ClN3O5. The summed E-state index contributed by atoms with van der Waals surface area (Å²) in [5.74, 6) is -0.110. The maximum absolute atomic E-state index is 13.1. The third kappa shape index (κ3) is 3.73. The van der Waals surface area contributed by atoms with Crippen molar-refractivity contribution in [3.8, 4) is 11.5 Å². The van der Waals surface area contributed by atoms with Gasteiger partial charge in [0, 0.05) is 36.3 Å². The predicted octanol–water partition coefficient (Wildman–Crippen LogP) is 5.10. The molecule has 0 saturated carbocycles. The lowest BCUT2D eigenvalue weighted by atomic mass is 9.74. The fourth-order valence-electron chi connectivity index (χ4n) is 6.86. The van der Waals surface area contributed by atoms with Gasteiger partial charge in [0.05, 0.1) is 22.9 Å². The lowest BCUT2D eigenvalue weighted by molar-refractivity contribution is -0.138. The Labute approximate surface area is 237 Å². The van der Waals surface area contributed by atoms with Crippen LogP contribution in [0.4, 0.5) is 11.4 Å². The maximum atomic E-state index is 13.1. The van der Waals surface area contributed by atoms with Gasteiger partial charge >= 0.3 is 5.97 Å². The van der Waals surface area contributed by atoms with Crippen molar-refractivity contribution in [2.24, 2.45) is 5.73 Å². The van der Waals surface area contributed by atoms with Gasteiger partial charge in [-0.3, -0.25) is 9.59 Å². The number of nitrogens with one attached hydrogen (secondary N) is 1. The monoisotopic (exact) mass is 559 g/mol. The third-order valence-electron chi connectivity index (χ3n) is 8.64. The average molecular weight is 560 g/mol. The van der Waals surface area contributed by atoms with Crippen LogP contribution in [-0.2, 0) is 39.4 Å². The number of carboxylic acid groups (broad SMARTS) is 1. The number of nitrogens with zero attached hydrogens (tertiary/aromatic N) is 1. The Morgan fingerprint density at radius 2 is 1.90 bits per heavy atom. The van der Waals surface area contributed by atoms with Gasteiger partial charge in [-0.2, -0.15) is 0 Å². The van der Waals surface area contributed by atoms with Crippen LogP contribution in [0, 0.1) is 0 Å². The molecule has 2 atom stereocenters. The Morgan fingerprint density at radius 1 is 1.10 bits per heavy atom. The SMILES string of the molecule is N[C@@H](CCC(=O)Nc1c(Cl)ccc2c1C1(OCc3ccccc31)c1cc3c4c(c1O2)CCCN4CCC3)C(=O)O. The number of anilines is 2. The second-order valence-corrected chi connectivity index (χ2v) is 11.4. The van der Waals surface area contributed by atoms with Crippen LogP contribution in [0.1, 0.15) is 59.1 Å². The molecule has 3 aromatic rings. The number of aryl methyl sites for hydroxylation is 1. The molecule has 4 aliphatic rings. The first kappa shape index (κ1) is 25.4. The summed E-state index contributed by atoms with van der Waals surface area (Å²) in [6, 6.07) is 12.8. The number of carbonyl (C=O) groups is 2. The van der Waals surface area contributed by atoms with Crippen LogP contribution in [0.5, 0.6) is 11.5 Å². The normalized spacial score (nSPS) is 20.6. The Bertz CT molecular complexity index is 1570. The number of nitrogens with two attached hydrogens (primary N) is 1. The number of halogens is 1. The summed E-state index contributed by atoms with van der Waals surface area (Å²) in [5.41, 5.74) is 12.5. The molecule has 206 valence electrons. The van der Waals surface area contributed by atoms with Gasteiger partial charge in [-0.15, -0.1) is 0 Å². The largest absolute Gasteiger partial charge is 0.480 e. The molecule has 0 saturated heterocycles. The van der Waals surface area contributed by atoms with Gasteiger partial charge in [-0.1, -0.05) is 35.9 Å². The summed E-state index contributed by atoms with van der Waals surface area (Å²) in [7, 11) is 0. The molecule has 7 rings (SSSR count). The molecule has 4 aliphatic heterocycles. The van der Waals surface area contributed by atoms with Gasteiger partial charge in [-0.05, 0) is 67.0 Å². The third-order valence-corrected chi connectivity index (χ3v) is 8.95. The molecule has 0 aliphatic carbocycles. The van der Waals surface area contributed by atoms with E-state index in [4.69, 9.17) is 31.9 Å². The van der Waals surface area contributed by atoms with E-state index in [1.54, 1.807) is 6.07 Å². The number of carbonyl (C=O) groups excluding carboxylic acids is 1. The second-order valence-electron chi connectivity index (χ2n) is 11.0. The summed E-state index contributed by atoms with van der Waals surface area (Å²) in [6.45, 7) is 2.51. The van der Waals surface area contributed by atoms with Crippen LogP contribution < -0.4 is 20.7 Å². The highest BCUT2D eigenvalue weighted by Crippen LogP contribution is 2.61. The van der Waals surface area contributed by atoms with E-state index >= 15 is 0 Å². The molecule has 0 fully saturated rings. The van der Waals surface area contributed by atoms with Gasteiger partial charge in [0.25, 0.3) is 0 Å². The summed E-state index contributed by atoms with van der Waals surface area (Å²) < 4.78 is 13.6. The summed E-state index contributed by atoms with van der Waals surface area (Å²) in [6.07, 6.45) is 4.00. The van der Waals surface area contributed by atoms with Gasteiger partial charge in [0.1, 0.15) is 17.5 Å². The quantitative estimate of drug-likeness (QED) is 0.398. The summed E-state index contributed by atoms with van der Waals surface area (Å²) in [5, 5.41) is 12.5. The molecular weight excluding hydrogens is 530 g/mol. The van der Waals surface area contributed by atoms with Crippen LogP contribution in [0.25, 0.3) is 0 Å². The number of ether oxygens (including phenoxy) is 2. The van der Waals surface area contributed by atoms with Crippen LogP contribution >= 0.6 is 11.6 Å². The zero-order valence-electron chi connectivity index (χ0n) is 22.0. The van der Waals surface area contributed by atoms with Crippen molar-refractivity contribution in [1.82, 2.24) is 0 Å². The smallest absolute Gasteiger partial charge is 0.320 e. The summed E-state index contributed by atoms with van der Waals surface area (Å²) >= 11 is 6.79. The molecule has 40 heavy (non-hydrogen) atoms. The minimum atomic E-state index is -1.14. The van der Waals surface area contributed by atoms with Crippen molar-refractivity contribution >= 4 is 34.9 Å². The van der Waals surface area contributed by atoms with E-state index < -0.39 is 17.6 Å². The fraction of sp³-hybridized carbons (Fsp3) is 0.355. The second kappa shape index (κ2) is 9.51. The highest BCUT2D eigenvalue weighted by molar-refractivity contribution is 6.34. The van der Waals surface area contributed by atoms with Crippen molar-refractivity contribution in [3.05, 3.63) is 80.9 Å². The first-order valence-electron chi connectivity index (χ1n) is 13.8. The fourth-order valence-corrected chi connectivity index (χ4v) is 7.07. The molecule has 4 N–H and O–H groups in total. The highest BCUT2D eigenvalue weighted by atomic mass is 35.5. The van der Waals surface area contributed by atoms with Crippen molar-refractivity contribution in [2.75, 3.05) is 23.3 Å². The van der Waals surface area contributed by atoms with Gasteiger partial charge < -0.3 is 30.5 Å². The summed E-state index contributed by atoms with van der Waals surface area (Å²) in [4.78, 5) is 26.8. The average Bonchev–Trinajstić information content (AvgIpc) is 3.34. The minimum absolute atomic E-state index is 0.00359. The van der Waals surface area contributed by atoms with E-state index in [-0.39, 0.29) is 18.7 Å². The van der Waals surface area contributed by atoms with E-state index in [0.29, 0.717) is 28.6 Å². The van der Waals surface area contributed by atoms with E-state index in [0.717, 1.165) is 61.2 Å². The lowest BCUT2D eigenvalue weighted by Gasteiger charge is -2.43. The molecule has 1 amide bonds. The first-order valence-corrected chi connectivity index (χ1v) is 14.2. The van der Waals surface area contributed by atoms with Crippen molar-refractivity contribution in [2.45, 2.75) is 56.8 Å². The molecule has 0 bridgehead atoms. The predicted molar refractivity (Wildman–Crippen MR) is 151 cm³/mol. The molecule has 8 nitrogen and oxygen atoms in total. The van der Waals surface area contributed by atoms with E-state index in [1.807, 2.05) is 18.2 Å². The molecule has 9 heteroatoms. The first-order chi connectivity index (χ1) is 19.4. The number of fused-ring (bicyclic) bond motifs is 7. The van der Waals surface area contributed by atoms with Crippen molar-refractivity contribution in [3.63, 3.8) is 0 Å². The topological polar surface area (TPSA) is 114 Å². The molecule has 4 heterocycles. The highest BCUT2D eigenvalue weighted by Gasteiger charge is 2.52. The van der Waals surface area contributed by atoms with E-state index in [1.165, 1.54) is 16.8 Å². The molecule has 0 radical (unpaired) electrons. The van der Waals surface area contributed by atoms with Crippen molar-refractivity contribution in [1.29, 1.82) is 0 Å². The number of amides is 1. The minimum Gasteiger partial charge on any atom is -0.480 e. The number of hydrogen-bond acceptors (Lipinski definition) is 6. The van der Waals surface area contributed by atoms with Crippen molar-refractivity contribution < 1.29 is 24.2 Å². The Morgan fingerprint density at radius 3 is 2.73 bits per heavy atom. The Balaban J connectivity index is 1.42. The van der Waals surface area contributed by atoms with Crippen LogP contribution in [0.2, 0.25) is 5.02 Å². The number of aliphatic carboxylic acids is 1. The lowest BCUT2D eigenvalue weighted by Crippen LogP contribution is -2.38. The van der Waals surface area contributed by atoms with Gasteiger partial charge in [-0.25, -0.2) is 0 Å². The number of hydrogen-bond donors (Lipinski definition) is 3. The maximum Gasteiger partial charge on any atom is 0.320 e. The number of carboxylic acids is 1. The van der Waals surface area contributed by atoms with Crippen LogP contribution in [-0.4, -0.2) is 36.1 Å². The van der Waals surface area contributed by atoms with Gasteiger partial charge in [0.2, 0.25) is 5.91 Å². The zero-order chi connectivity index (χ0) is 27.6. The molecule has 1 spiro atoms. The molecule has 0 aromatic heterocycles. The van der Waals surface area contributed by atoms with Crippen LogP contribution in [0.15, 0.2) is 42.5 Å². The van der Waals surface area contributed by atoms with E-state index in [9.17, 15) is 9.59 Å². The van der Waals surface area contributed by atoms with Crippen LogP contribution in [0.3, 0.4) is 0 Å². The van der Waals surface area contributed by atoms with Gasteiger partial charge in [0.15, 0.2) is 5.60 Å². The zero-order valence-corrected chi connectivity index (χ0v) is 22.7. The molecule has 3 aromatic carbocycles.